The number of rotatable bonds is 3. The summed E-state index contributed by atoms with van der Waals surface area (Å²) in [6.07, 6.45) is 2.50. The topological polar surface area (TPSA) is 37.3 Å². The molecule has 2 nitrogen and oxygen atoms in total. The van der Waals surface area contributed by atoms with Crippen molar-refractivity contribution in [3.8, 4) is 0 Å². The van der Waals surface area contributed by atoms with E-state index in [9.17, 15) is 14.3 Å². The summed E-state index contributed by atoms with van der Waals surface area (Å²) in [5, 5.41) is 9.17. The molecule has 2 rings (SSSR count). The monoisotopic (exact) mass is 286 g/mol. The van der Waals surface area contributed by atoms with Crippen LogP contribution >= 0.6 is 15.9 Å². The molecular formula is C12H12BrFO2. The molecule has 0 unspecified atom stereocenters. The molecule has 4 heteroatoms. The van der Waals surface area contributed by atoms with Crippen molar-refractivity contribution in [3.05, 3.63) is 34.1 Å². The summed E-state index contributed by atoms with van der Waals surface area (Å²) in [4.78, 5) is 11.2. The van der Waals surface area contributed by atoms with Crippen molar-refractivity contribution < 1.29 is 14.3 Å². The van der Waals surface area contributed by atoms with Gasteiger partial charge >= 0.3 is 5.97 Å². The Labute approximate surface area is 102 Å². The zero-order chi connectivity index (χ0) is 11.8. The molecule has 1 aliphatic carbocycles. The van der Waals surface area contributed by atoms with Gasteiger partial charge in [-0.3, -0.25) is 4.79 Å². The predicted octanol–water partition coefficient (Wildman–Crippen LogP) is 3.39. The summed E-state index contributed by atoms with van der Waals surface area (Å²) in [6, 6.07) is 4.65. The number of carboxylic acids is 1. The van der Waals surface area contributed by atoms with E-state index < -0.39 is 11.4 Å². The molecule has 1 N–H and O–H groups in total. The average Bonchev–Trinajstić information content (AvgIpc) is 2.16. The Hall–Kier alpha value is -0.900. The summed E-state index contributed by atoms with van der Waals surface area (Å²) in [6.45, 7) is 0. The highest BCUT2D eigenvalue weighted by Crippen LogP contribution is 2.44. The second kappa shape index (κ2) is 4.17. The third-order valence-electron chi connectivity index (χ3n) is 3.30. The van der Waals surface area contributed by atoms with E-state index in [2.05, 4.69) is 15.9 Å². The summed E-state index contributed by atoms with van der Waals surface area (Å²) in [5.74, 6) is -1.13. The van der Waals surface area contributed by atoms with Crippen molar-refractivity contribution in [2.45, 2.75) is 25.7 Å². The van der Waals surface area contributed by atoms with Crippen LogP contribution in [0.5, 0.6) is 0 Å². The third-order valence-corrected chi connectivity index (χ3v) is 3.79. The number of carboxylic acid groups (broad SMARTS) is 1. The second-order valence-electron chi connectivity index (χ2n) is 4.35. The molecule has 0 aromatic heterocycles. The molecule has 1 aromatic carbocycles. The summed E-state index contributed by atoms with van der Waals surface area (Å²) >= 11 is 3.27. The van der Waals surface area contributed by atoms with Gasteiger partial charge in [0.15, 0.2) is 0 Å². The van der Waals surface area contributed by atoms with Gasteiger partial charge in [0.1, 0.15) is 5.82 Å². The van der Waals surface area contributed by atoms with Crippen LogP contribution < -0.4 is 0 Å². The second-order valence-corrected chi connectivity index (χ2v) is 5.27. The predicted molar refractivity (Wildman–Crippen MR) is 61.7 cm³/mol. The van der Waals surface area contributed by atoms with E-state index in [1.165, 1.54) is 6.07 Å². The Morgan fingerprint density at radius 1 is 1.50 bits per heavy atom. The van der Waals surface area contributed by atoms with Crippen LogP contribution in [-0.2, 0) is 11.2 Å². The summed E-state index contributed by atoms with van der Waals surface area (Å²) in [7, 11) is 0. The molecule has 1 aliphatic rings. The highest BCUT2D eigenvalue weighted by atomic mass is 79.9. The van der Waals surface area contributed by atoms with E-state index in [0.717, 1.165) is 10.9 Å². The summed E-state index contributed by atoms with van der Waals surface area (Å²) < 4.78 is 14.3. The first-order valence-corrected chi connectivity index (χ1v) is 6.00. The molecule has 0 spiro atoms. The first kappa shape index (κ1) is 11.6. The van der Waals surface area contributed by atoms with Gasteiger partial charge in [0.2, 0.25) is 0 Å². The first-order valence-electron chi connectivity index (χ1n) is 5.21. The van der Waals surface area contributed by atoms with E-state index in [1.54, 1.807) is 12.1 Å². The quantitative estimate of drug-likeness (QED) is 0.925. The maximum atomic E-state index is 13.5. The molecule has 0 amide bonds. The number of hydrogen-bond acceptors (Lipinski definition) is 1. The SMILES string of the molecule is O=C(O)C1(Cc2cc(Br)ccc2F)CCC1. The van der Waals surface area contributed by atoms with E-state index in [4.69, 9.17) is 0 Å². The minimum Gasteiger partial charge on any atom is -0.481 e. The van der Waals surface area contributed by atoms with Crippen molar-refractivity contribution in [2.24, 2.45) is 5.41 Å². The number of aliphatic carboxylic acids is 1. The van der Waals surface area contributed by atoms with Crippen molar-refractivity contribution >= 4 is 21.9 Å². The van der Waals surface area contributed by atoms with Gasteiger partial charge in [-0.05, 0) is 43.0 Å². The van der Waals surface area contributed by atoms with Gasteiger partial charge in [0.25, 0.3) is 0 Å². The van der Waals surface area contributed by atoms with E-state index in [1.807, 2.05) is 0 Å². The zero-order valence-corrected chi connectivity index (χ0v) is 10.3. The molecule has 86 valence electrons. The van der Waals surface area contributed by atoms with Gasteiger partial charge in [0.05, 0.1) is 5.41 Å². The fourth-order valence-corrected chi connectivity index (χ4v) is 2.52. The van der Waals surface area contributed by atoms with Crippen molar-refractivity contribution in [3.63, 3.8) is 0 Å². The number of benzene rings is 1. The minimum absolute atomic E-state index is 0.285. The zero-order valence-electron chi connectivity index (χ0n) is 8.67. The van der Waals surface area contributed by atoms with Crippen LogP contribution in [0.4, 0.5) is 4.39 Å². The Bertz CT molecular complexity index is 427. The number of hydrogen-bond donors (Lipinski definition) is 1. The lowest BCUT2D eigenvalue weighted by molar-refractivity contribution is -0.154. The van der Waals surface area contributed by atoms with Crippen LogP contribution in [0.2, 0.25) is 0 Å². The van der Waals surface area contributed by atoms with Crippen LogP contribution in [0.15, 0.2) is 22.7 Å². The minimum atomic E-state index is -0.807. The Morgan fingerprint density at radius 3 is 2.69 bits per heavy atom. The van der Waals surface area contributed by atoms with E-state index in [-0.39, 0.29) is 12.2 Å². The molecule has 0 bridgehead atoms. The molecule has 0 aliphatic heterocycles. The molecule has 0 saturated heterocycles. The molecule has 1 fully saturated rings. The van der Waals surface area contributed by atoms with Gasteiger partial charge in [0, 0.05) is 4.47 Å². The van der Waals surface area contributed by atoms with Crippen LogP contribution in [0.3, 0.4) is 0 Å². The fourth-order valence-electron chi connectivity index (χ4n) is 2.11. The molecule has 1 saturated carbocycles. The normalized spacial score (nSPS) is 17.9. The molecule has 16 heavy (non-hydrogen) atoms. The van der Waals surface area contributed by atoms with Crippen molar-refractivity contribution in [2.75, 3.05) is 0 Å². The van der Waals surface area contributed by atoms with Crippen LogP contribution in [0.1, 0.15) is 24.8 Å². The molecule has 1 aromatic rings. The fraction of sp³-hybridized carbons (Fsp3) is 0.417. The molecule has 0 atom stereocenters. The van der Waals surface area contributed by atoms with Gasteiger partial charge in [-0.1, -0.05) is 22.4 Å². The Balaban J connectivity index is 2.26. The van der Waals surface area contributed by atoms with Gasteiger partial charge in [-0.15, -0.1) is 0 Å². The lowest BCUT2D eigenvalue weighted by Gasteiger charge is -2.37. The van der Waals surface area contributed by atoms with Gasteiger partial charge < -0.3 is 5.11 Å². The van der Waals surface area contributed by atoms with Crippen LogP contribution in [-0.4, -0.2) is 11.1 Å². The lowest BCUT2D eigenvalue weighted by atomic mass is 9.65. The lowest BCUT2D eigenvalue weighted by Crippen LogP contribution is -2.40. The molecule has 0 radical (unpaired) electrons. The van der Waals surface area contributed by atoms with Crippen molar-refractivity contribution in [1.82, 2.24) is 0 Å². The van der Waals surface area contributed by atoms with Crippen molar-refractivity contribution in [1.29, 1.82) is 0 Å². The highest BCUT2D eigenvalue weighted by Gasteiger charge is 2.44. The Morgan fingerprint density at radius 2 is 2.19 bits per heavy atom. The number of carbonyl (C=O) groups is 1. The average molecular weight is 287 g/mol. The van der Waals surface area contributed by atoms with E-state index in [0.29, 0.717) is 18.4 Å². The smallest absolute Gasteiger partial charge is 0.309 e. The highest BCUT2D eigenvalue weighted by molar-refractivity contribution is 9.10. The summed E-state index contributed by atoms with van der Waals surface area (Å²) in [5.41, 5.74) is -0.252. The van der Waals surface area contributed by atoms with E-state index >= 15 is 0 Å². The maximum absolute atomic E-state index is 13.5. The Kier molecular flexibility index (Phi) is 3.02. The third kappa shape index (κ3) is 1.98. The first-order chi connectivity index (χ1) is 7.53. The van der Waals surface area contributed by atoms with Crippen LogP contribution in [0.25, 0.3) is 0 Å². The standard InChI is InChI=1S/C12H12BrFO2/c13-9-2-3-10(14)8(6-9)7-12(11(15)16)4-1-5-12/h2-3,6H,1,4-5,7H2,(H,15,16). The molecular weight excluding hydrogens is 275 g/mol. The molecule has 0 heterocycles. The van der Waals surface area contributed by atoms with Gasteiger partial charge in [-0.2, -0.15) is 0 Å². The maximum Gasteiger partial charge on any atom is 0.309 e. The van der Waals surface area contributed by atoms with Crippen LogP contribution in [0, 0.1) is 11.2 Å². The van der Waals surface area contributed by atoms with Gasteiger partial charge in [-0.25, -0.2) is 4.39 Å². The number of halogens is 2. The largest absolute Gasteiger partial charge is 0.481 e.